The standard InChI is InChI=1S/C17H27NOS/c1-10(2)18(13-9-11(3)12(4)20-13)15(19)14-16(5,6)17(14,7)8/h9-10,14H,1-8H3. The number of nitrogens with zero attached hydrogens (tertiary/aromatic N) is 1. The van der Waals surface area contributed by atoms with E-state index < -0.39 is 0 Å². The molecule has 0 aromatic carbocycles. The van der Waals surface area contributed by atoms with Crippen molar-refractivity contribution in [2.45, 2.75) is 61.4 Å². The van der Waals surface area contributed by atoms with Crippen LogP contribution >= 0.6 is 11.3 Å². The molecular formula is C17H27NOS. The van der Waals surface area contributed by atoms with Gasteiger partial charge in [-0.2, -0.15) is 0 Å². The first-order valence-electron chi connectivity index (χ1n) is 7.42. The van der Waals surface area contributed by atoms with Crippen molar-refractivity contribution in [1.82, 2.24) is 0 Å². The molecule has 112 valence electrons. The van der Waals surface area contributed by atoms with Gasteiger partial charge in [0, 0.05) is 16.8 Å². The molecule has 2 nitrogen and oxygen atoms in total. The van der Waals surface area contributed by atoms with Crippen LogP contribution < -0.4 is 4.90 Å². The summed E-state index contributed by atoms with van der Waals surface area (Å²) in [6, 6.07) is 2.35. The quantitative estimate of drug-likeness (QED) is 0.784. The van der Waals surface area contributed by atoms with Gasteiger partial charge in [0.15, 0.2) is 0 Å². The van der Waals surface area contributed by atoms with E-state index in [1.165, 1.54) is 10.4 Å². The molecule has 1 amide bonds. The fourth-order valence-electron chi connectivity index (χ4n) is 3.24. The Kier molecular flexibility index (Phi) is 3.57. The third-order valence-electron chi connectivity index (χ3n) is 5.41. The minimum atomic E-state index is 0.0958. The zero-order valence-corrected chi connectivity index (χ0v) is 14.8. The van der Waals surface area contributed by atoms with Crippen LogP contribution in [0.2, 0.25) is 0 Å². The summed E-state index contributed by atoms with van der Waals surface area (Å²) in [4.78, 5) is 16.3. The highest BCUT2D eigenvalue weighted by Crippen LogP contribution is 2.69. The molecule has 1 heterocycles. The van der Waals surface area contributed by atoms with Crippen molar-refractivity contribution in [3.05, 3.63) is 16.5 Å². The molecule has 0 N–H and O–H groups in total. The summed E-state index contributed by atoms with van der Waals surface area (Å²) in [7, 11) is 0. The van der Waals surface area contributed by atoms with Crippen molar-refractivity contribution in [3.8, 4) is 0 Å². The molecule has 0 atom stereocenters. The van der Waals surface area contributed by atoms with Gasteiger partial charge in [0.1, 0.15) is 0 Å². The lowest BCUT2D eigenvalue weighted by atomic mass is 10.0. The maximum Gasteiger partial charge on any atom is 0.232 e. The van der Waals surface area contributed by atoms with Crippen LogP contribution in [0.3, 0.4) is 0 Å². The van der Waals surface area contributed by atoms with Gasteiger partial charge >= 0.3 is 0 Å². The maximum absolute atomic E-state index is 13.0. The summed E-state index contributed by atoms with van der Waals surface area (Å²) in [6.45, 7) is 17.3. The number of hydrogen-bond acceptors (Lipinski definition) is 2. The van der Waals surface area contributed by atoms with Crippen LogP contribution in [-0.2, 0) is 4.79 Å². The van der Waals surface area contributed by atoms with Crippen LogP contribution in [-0.4, -0.2) is 11.9 Å². The normalized spacial score (nSPS) is 20.2. The van der Waals surface area contributed by atoms with Crippen LogP contribution in [0.15, 0.2) is 6.07 Å². The zero-order chi connectivity index (χ0) is 15.5. The second-order valence-electron chi connectivity index (χ2n) is 7.50. The predicted octanol–water partition coefficient (Wildman–Crippen LogP) is 4.79. The van der Waals surface area contributed by atoms with Crippen LogP contribution in [0, 0.1) is 30.6 Å². The summed E-state index contributed by atoms with van der Waals surface area (Å²) in [6.07, 6.45) is 0. The van der Waals surface area contributed by atoms with Gasteiger partial charge in [0.2, 0.25) is 5.91 Å². The fourth-order valence-corrected chi connectivity index (χ4v) is 4.41. The molecule has 1 saturated carbocycles. The van der Waals surface area contributed by atoms with E-state index in [0.29, 0.717) is 0 Å². The van der Waals surface area contributed by atoms with E-state index in [9.17, 15) is 4.79 Å². The summed E-state index contributed by atoms with van der Waals surface area (Å²) >= 11 is 1.73. The molecule has 1 aromatic heterocycles. The SMILES string of the molecule is Cc1cc(N(C(=O)C2C(C)(C)C2(C)C)C(C)C)sc1C. The van der Waals surface area contributed by atoms with Crippen LogP contribution in [0.5, 0.6) is 0 Å². The number of hydrogen-bond donors (Lipinski definition) is 0. The molecule has 0 radical (unpaired) electrons. The predicted molar refractivity (Wildman–Crippen MR) is 87.5 cm³/mol. The number of anilines is 1. The Morgan fingerprint density at radius 3 is 2.00 bits per heavy atom. The zero-order valence-electron chi connectivity index (χ0n) is 14.0. The van der Waals surface area contributed by atoms with E-state index in [1.807, 2.05) is 4.90 Å². The lowest BCUT2D eigenvalue weighted by Crippen LogP contribution is -2.38. The molecule has 1 aliphatic rings. The summed E-state index contributed by atoms with van der Waals surface area (Å²) < 4.78 is 0. The highest BCUT2D eigenvalue weighted by Gasteiger charge is 2.69. The van der Waals surface area contributed by atoms with Gasteiger partial charge in [0.05, 0.1) is 5.00 Å². The van der Waals surface area contributed by atoms with Crippen molar-refractivity contribution in [2.75, 3.05) is 4.90 Å². The third kappa shape index (κ3) is 2.11. The molecule has 0 saturated heterocycles. The number of thiophene rings is 1. The van der Waals surface area contributed by atoms with Gasteiger partial charge in [-0.3, -0.25) is 4.79 Å². The lowest BCUT2D eigenvalue weighted by Gasteiger charge is -2.26. The molecular weight excluding hydrogens is 266 g/mol. The summed E-state index contributed by atoms with van der Waals surface area (Å²) in [5, 5.41) is 1.10. The number of rotatable bonds is 3. The Bertz CT molecular complexity index is 506. The van der Waals surface area contributed by atoms with Crippen molar-refractivity contribution >= 4 is 22.2 Å². The summed E-state index contributed by atoms with van der Waals surface area (Å²) in [5.41, 5.74) is 1.47. The van der Waals surface area contributed by atoms with Crippen molar-refractivity contribution in [2.24, 2.45) is 16.7 Å². The monoisotopic (exact) mass is 293 g/mol. The van der Waals surface area contributed by atoms with E-state index >= 15 is 0 Å². The average molecular weight is 293 g/mol. The first kappa shape index (κ1) is 15.6. The Morgan fingerprint density at radius 2 is 1.70 bits per heavy atom. The molecule has 0 spiro atoms. The molecule has 0 bridgehead atoms. The molecule has 0 aliphatic heterocycles. The van der Waals surface area contributed by atoms with E-state index in [4.69, 9.17) is 0 Å². The van der Waals surface area contributed by atoms with Gasteiger partial charge in [-0.05, 0) is 50.2 Å². The van der Waals surface area contributed by atoms with E-state index in [-0.39, 0.29) is 28.7 Å². The van der Waals surface area contributed by atoms with Crippen LogP contribution in [0.1, 0.15) is 52.0 Å². The second-order valence-corrected chi connectivity index (χ2v) is 8.74. The van der Waals surface area contributed by atoms with Crippen molar-refractivity contribution in [3.63, 3.8) is 0 Å². The van der Waals surface area contributed by atoms with Crippen molar-refractivity contribution < 1.29 is 4.79 Å². The van der Waals surface area contributed by atoms with E-state index in [0.717, 1.165) is 5.00 Å². The Balaban J connectivity index is 2.34. The highest BCUT2D eigenvalue weighted by molar-refractivity contribution is 7.16. The molecule has 20 heavy (non-hydrogen) atoms. The first-order chi connectivity index (χ1) is 9.01. The number of aryl methyl sites for hydroxylation is 2. The van der Waals surface area contributed by atoms with Gasteiger partial charge < -0.3 is 4.90 Å². The molecule has 1 fully saturated rings. The largest absolute Gasteiger partial charge is 0.301 e. The van der Waals surface area contributed by atoms with Gasteiger partial charge in [-0.15, -0.1) is 11.3 Å². The van der Waals surface area contributed by atoms with Gasteiger partial charge in [0.25, 0.3) is 0 Å². The number of amides is 1. The van der Waals surface area contributed by atoms with Crippen molar-refractivity contribution in [1.29, 1.82) is 0 Å². The molecule has 1 aromatic rings. The topological polar surface area (TPSA) is 20.3 Å². The Labute approximate surface area is 127 Å². The minimum Gasteiger partial charge on any atom is -0.301 e. The smallest absolute Gasteiger partial charge is 0.232 e. The second kappa shape index (κ2) is 4.59. The first-order valence-corrected chi connectivity index (χ1v) is 8.23. The molecule has 3 heteroatoms. The lowest BCUT2D eigenvalue weighted by molar-refractivity contribution is -0.121. The molecule has 0 unspecified atom stereocenters. The molecule has 2 rings (SSSR count). The van der Waals surface area contributed by atoms with Gasteiger partial charge in [-0.1, -0.05) is 27.7 Å². The highest BCUT2D eigenvalue weighted by atomic mass is 32.1. The third-order valence-corrected chi connectivity index (χ3v) is 6.56. The molecule has 1 aliphatic carbocycles. The summed E-state index contributed by atoms with van der Waals surface area (Å²) in [5.74, 6) is 0.413. The Hall–Kier alpha value is -0.830. The number of carbonyl (C=O) groups is 1. The average Bonchev–Trinajstić information content (AvgIpc) is 2.50. The number of carbonyl (C=O) groups excluding carboxylic acids is 1. The van der Waals surface area contributed by atoms with Crippen LogP contribution in [0.25, 0.3) is 0 Å². The van der Waals surface area contributed by atoms with E-state index in [1.54, 1.807) is 11.3 Å². The fraction of sp³-hybridized carbons (Fsp3) is 0.706. The Morgan fingerprint density at radius 1 is 1.20 bits per heavy atom. The van der Waals surface area contributed by atoms with Gasteiger partial charge in [-0.25, -0.2) is 0 Å². The maximum atomic E-state index is 13.0. The van der Waals surface area contributed by atoms with E-state index in [2.05, 4.69) is 61.5 Å². The minimum absolute atomic E-state index is 0.0958. The van der Waals surface area contributed by atoms with Crippen LogP contribution in [0.4, 0.5) is 5.00 Å².